The lowest BCUT2D eigenvalue weighted by Crippen LogP contribution is -2.55. The highest BCUT2D eigenvalue weighted by Crippen LogP contribution is 2.28. The van der Waals surface area contributed by atoms with Gasteiger partial charge in [-0.3, -0.25) is 4.79 Å². The second-order valence-corrected chi connectivity index (χ2v) is 10.3. The zero-order chi connectivity index (χ0) is 21.0. The molecule has 1 aromatic carbocycles. The van der Waals surface area contributed by atoms with Crippen molar-refractivity contribution in [2.24, 2.45) is 0 Å². The molecular formula is C19H27Cl2N3O4S. The molecule has 0 unspecified atom stereocenters. The van der Waals surface area contributed by atoms with E-state index >= 15 is 0 Å². The highest BCUT2D eigenvalue weighted by atomic mass is 35.5. The van der Waals surface area contributed by atoms with Crippen molar-refractivity contribution < 1.29 is 17.9 Å². The van der Waals surface area contributed by atoms with Gasteiger partial charge in [0.2, 0.25) is 0 Å². The third kappa shape index (κ3) is 5.55. The topological polar surface area (TPSA) is 70.2 Å². The Labute approximate surface area is 182 Å². The Hall–Kier alpha value is -1.06. The van der Waals surface area contributed by atoms with E-state index in [1.54, 1.807) is 30.1 Å². The molecule has 2 fully saturated rings. The van der Waals surface area contributed by atoms with E-state index in [-0.39, 0.29) is 31.6 Å². The van der Waals surface area contributed by atoms with Gasteiger partial charge in [-0.15, -0.1) is 0 Å². The molecule has 7 nitrogen and oxygen atoms in total. The number of benzene rings is 1. The molecule has 0 spiro atoms. The van der Waals surface area contributed by atoms with E-state index in [9.17, 15) is 13.2 Å². The van der Waals surface area contributed by atoms with Gasteiger partial charge in [0, 0.05) is 50.4 Å². The smallest absolute Gasteiger partial charge is 0.282 e. The van der Waals surface area contributed by atoms with Crippen LogP contribution in [0.15, 0.2) is 18.2 Å². The van der Waals surface area contributed by atoms with Crippen molar-refractivity contribution in [3.8, 4) is 5.75 Å². The van der Waals surface area contributed by atoms with Crippen LogP contribution in [0.2, 0.25) is 10.0 Å². The fourth-order valence-corrected chi connectivity index (χ4v) is 5.71. The Morgan fingerprint density at radius 2 is 1.79 bits per heavy atom. The highest BCUT2D eigenvalue weighted by molar-refractivity contribution is 7.86. The van der Waals surface area contributed by atoms with E-state index in [4.69, 9.17) is 27.9 Å². The first kappa shape index (κ1) is 22.6. The maximum atomic E-state index is 12.9. The van der Waals surface area contributed by atoms with Crippen molar-refractivity contribution in [3.05, 3.63) is 28.2 Å². The highest BCUT2D eigenvalue weighted by Gasteiger charge is 2.35. The lowest BCUT2D eigenvalue weighted by molar-refractivity contribution is -0.134. The molecule has 0 bridgehead atoms. The van der Waals surface area contributed by atoms with Crippen LogP contribution in [-0.4, -0.2) is 73.7 Å². The number of hydrogen-bond acceptors (Lipinski definition) is 4. The molecule has 1 aromatic rings. The van der Waals surface area contributed by atoms with Crippen LogP contribution in [0.25, 0.3) is 0 Å². The molecule has 0 atom stereocenters. The van der Waals surface area contributed by atoms with Crippen LogP contribution in [-0.2, 0) is 15.0 Å². The molecule has 1 amide bonds. The van der Waals surface area contributed by atoms with E-state index in [0.29, 0.717) is 28.9 Å². The Balaban J connectivity index is 1.51. The third-order valence-electron chi connectivity index (χ3n) is 5.61. The fourth-order valence-electron chi connectivity index (χ4n) is 3.80. The van der Waals surface area contributed by atoms with Gasteiger partial charge in [0.1, 0.15) is 5.75 Å². The minimum atomic E-state index is -3.51. The van der Waals surface area contributed by atoms with Gasteiger partial charge >= 0.3 is 0 Å². The van der Waals surface area contributed by atoms with E-state index < -0.39 is 10.2 Å². The second kappa shape index (κ2) is 9.83. The van der Waals surface area contributed by atoms with Crippen molar-refractivity contribution in [1.29, 1.82) is 0 Å². The summed E-state index contributed by atoms with van der Waals surface area (Å²) in [5, 5.41) is 0.849. The summed E-state index contributed by atoms with van der Waals surface area (Å²) in [6.45, 7) is 1.06. The molecule has 0 N–H and O–H groups in total. The fraction of sp³-hybridized carbons (Fsp3) is 0.632. The SMILES string of the molecule is CN(C1CCCCC1)S(=O)(=O)N1CCN(C(=O)COc2cc(Cl)ccc2Cl)CC1. The number of carbonyl (C=O) groups is 1. The van der Waals surface area contributed by atoms with E-state index in [1.807, 2.05) is 0 Å². The standard InChI is InChI=1S/C19H27Cl2N3O4S/c1-22(16-5-3-2-4-6-16)29(26,27)24-11-9-23(10-12-24)19(25)14-28-18-13-15(20)7-8-17(18)21/h7-8,13,16H,2-6,9-12,14H2,1H3. The van der Waals surface area contributed by atoms with Crippen LogP contribution >= 0.6 is 23.2 Å². The average molecular weight is 464 g/mol. The van der Waals surface area contributed by atoms with Crippen LogP contribution in [0.4, 0.5) is 0 Å². The Kier molecular flexibility index (Phi) is 7.67. The summed E-state index contributed by atoms with van der Waals surface area (Å²) in [6.07, 6.45) is 5.15. The number of ether oxygens (including phenoxy) is 1. The first-order valence-electron chi connectivity index (χ1n) is 9.88. The van der Waals surface area contributed by atoms with Crippen LogP contribution < -0.4 is 4.74 Å². The minimum Gasteiger partial charge on any atom is -0.482 e. The zero-order valence-corrected chi connectivity index (χ0v) is 18.8. The van der Waals surface area contributed by atoms with E-state index in [0.717, 1.165) is 25.7 Å². The molecule has 29 heavy (non-hydrogen) atoms. The molecule has 2 aliphatic rings. The summed E-state index contributed by atoms with van der Waals surface area (Å²) in [7, 11) is -1.84. The largest absolute Gasteiger partial charge is 0.482 e. The number of piperazine rings is 1. The lowest BCUT2D eigenvalue weighted by atomic mass is 9.96. The maximum Gasteiger partial charge on any atom is 0.282 e. The molecule has 0 radical (unpaired) electrons. The number of hydrogen-bond donors (Lipinski definition) is 0. The molecule has 0 aromatic heterocycles. The Bertz CT molecular complexity index is 823. The molecule has 1 heterocycles. The number of halogens is 2. The molecule has 1 saturated carbocycles. The number of rotatable bonds is 6. The van der Waals surface area contributed by atoms with Gasteiger partial charge in [0.15, 0.2) is 6.61 Å². The third-order valence-corrected chi connectivity index (χ3v) is 8.21. The Morgan fingerprint density at radius 3 is 2.45 bits per heavy atom. The van der Waals surface area contributed by atoms with Gasteiger partial charge in [-0.25, -0.2) is 0 Å². The van der Waals surface area contributed by atoms with Crippen molar-refractivity contribution in [1.82, 2.24) is 13.5 Å². The van der Waals surface area contributed by atoms with Crippen molar-refractivity contribution in [2.45, 2.75) is 38.1 Å². The molecule has 1 aliphatic carbocycles. The minimum absolute atomic E-state index is 0.0734. The van der Waals surface area contributed by atoms with Gasteiger partial charge < -0.3 is 9.64 Å². The maximum absolute atomic E-state index is 12.9. The normalized spacial score (nSPS) is 19.5. The number of nitrogens with zero attached hydrogens (tertiary/aromatic N) is 3. The van der Waals surface area contributed by atoms with Gasteiger partial charge in [0.25, 0.3) is 16.1 Å². The van der Waals surface area contributed by atoms with Gasteiger partial charge in [-0.2, -0.15) is 17.0 Å². The number of carbonyl (C=O) groups excluding carboxylic acids is 1. The molecule has 162 valence electrons. The average Bonchev–Trinajstić information content (AvgIpc) is 2.74. The number of amides is 1. The zero-order valence-electron chi connectivity index (χ0n) is 16.5. The predicted octanol–water partition coefficient (Wildman–Crippen LogP) is 3.03. The van der Waals surface area contributed by atoms with E-state index in [1.165, 1.54) is 15.0 Å². The summed E-state index contributed by atoms with van der Waals surface area (Å²) >= 11 is 12.0. The summed E-state index contributed by atoms with van der Waals surface area (Å²) in [4.78, 5) is 14.1. The van der Waals surface area contributed by atoms with Gasteiger partial charge in [-0.1, -0.05) is 42.5 Å². The monoisotopic (exact) mass is 463 g/mol. The molecular weight excluding hydrogens is 437 g/mol. The van der Waals surface area contributed by atoms with Crippen LogP contribution in [0, 0.1) is 0 Å². The van der Waals surface area contributed by atoms with Crippen molar-refractivity contribution in [2.75, 3.05) is 39.8 Å². The molecule has 1 saturated heterocycles. The summed E-state index contributed by atoms with van der Waals surface area (Å²) < 4.78 is 34.4. The lowest BCUT2D eigenvalue weighted by Gasteiger charge is -2.38. The first-order chi connectivity index (χ1) is 13.8. The summed E-state index contributed by atoms with van der Waals surface area (Å²) in [6, 6.07) is 4.88. The molecule has 1 aliphatic heterocycles. The summed E-state index contributed by atoms with van der Waals surface area (Å²) in [5.74, 6) is 0.140. The van der Waals surface area contributed by atoms with Crippen LogP contribution in [0.5, 0.6) is 5.75 Å². The first-order valence-corrected chi connectivity index (χ1v) is 12.0. The van der Waals surface area contributed by atoms with Crippen LogP contribution in [0.3, 0.4) is 0 Å². The molecule has 3 rings (SSSR count). The van der Waals surface area contributed by atoms with E-state index in [2.05, 4.69) is 0 Å². The molecule has 10 heteroatoms. The van der Waals surface area contributed by atoms with Crippen molar-refractivity contribution >= 4 is 39.3 Å². The predicted molar refractivity (Wildman–Crippen MR) is 114 cm³/mol. The van der Waals surface area contributed by atoms with Crippen molar-refractivity contribution in [3.63, 3.8) is 0 Å². The quantitative estimate of drug-likeness (QED) is 0.649. The van der Waals surface area contributed by atoms with Crippen LogP contribution in [0.1, 0.15) is 32.1 Å². The van der Waals surface area contributed by atoms with Gasteiger partial charge in [0.05, 0.1) is 5.02 Å². The van der Waals surface area contributed by atoms with Gasteiger partial charge in [-0.05, 0) is 25.0 Å². The summed E-state index contributed by atoms with van der Waals surface area (Å²) in [5.41, 5.74) is 0. The second-order valence-electron chi connectivity index (χ2n) is 7.46. The Morgan fingerprint density at radius 1 is 1.14 bits per heavy atom.